The Balaban J connectivity index is 1.99. The van der Waals surface area contributed by atoms with E-state index in [1.54, 1.807) is 37.3 Å². The number of carbonyl (C=O) groups excluding carboxylic acids is 1. The van der Waals surface area contributed by atoms with Gasteiger partial charge in [0.2, 0.25) is 11.5 Å². The summed E-state index contributed by atoms with van der Waals surface area (Å²) >= 11 is 6.02. The second-order valence-electron chi connectivity index (χ2n) is 7.39. The predicted molar refractivity (Wildman–Crippen MR) is 122 cm³/mol. The Labute approximate surface area is 188 Å². The molecule has 0 aliphatic heterocycles. The summed E-state index contributed by atoms with van der Waals surface area (Å²) in [5.74, 6) is 0.294. The summed E-state index contributed by atoms with van der Waals surface area (Å²) in [7, 11) is 1.53. The first-order valence-corrected chi connectivity index (χ1v) is 10.3. The maximum absolute atomic E-state index is 13.3. The third-order valence-corrected chi connectivity index (χ3v) is 5.45. The lowest BCUT2D eigenvalue weighted by molar-refractivity contribution is -0.114. The molecule has 9 heteroatoms. The van der Waals surface area contributed by atoms with Gasteiger partial charge >= 0.3 is 0 Å². The van der Waals surface area contributed by atoms with Crippen LogP contribution in [0.4, 0.5) is 5.69 Å². The number of halogens is 1. The zero-order valence-electron chi connectivity index (χ0n) is 18.0. The molecule has 0 saturated carbocycles. The predicted octanol–water partition coefficient (Wildman–Crippen LogP) is 4.59. The van der Waals surface area contributed by atoms with Gasteiger partial charge in [0, 0.05) is 17.6 Å². The number of nitrogens with zero attached hydrogens (tertiary/aromatic N) is 3. The molecule has 2 heterocycles. The van der Waals surface area contributed by atoms with Crippen LogP contribution in [0, 0.1) is 6.92 Å². The van der Waals surface area contributed by atoms with E-state index >= 15 is 0 Å². The highest BCUT2D eigenvalue weighted by Gasteiger charge is 2.24. The van der Waals surface area contributed by atoms with Gasteiger partial charge in [-0.3, -0.25) is 9.59 Å². The Kier molecular flexibility index (Phi) is 5.71. The summed E-state index contributed by atoms with van der Waals surface area (Å²) in [4.78, 5) is 24.9. The lowest BCUT2D eigenvalue weighted by atomic mass is 10.1. The normalized spacial score (nSPS) is 12.0. The molecule has 1 N–H and O–H groups in total. The molecular formula is C23H21ClN4O4. The number of anilines is 1. The zero-order valence-corrected chi connectivity index (χ0v) is 18.7. The Morgan fingerprint density at radius 2 is 1.94 bits per heavy atom. The highest BCUT2D eigenvalue weighted by Crippen LogP contribution is 2.36. The van der Waals surface area contributed by atoms with Crippen LogP contribution in [0.1, 0.15) is 31.1 Å². The summed E-state index contributed by atoms with van der Waals surface area (Å²) in [5, 5.41) is 12.3. The van der Waals surface area contributed by atoms with Gasteiger partial charge in [0.15, 0.2) is 0 Å². The van der Waals surface area contributed by atoms with E-state index in [9.17, 15) is 9.59 Å². The van der Waals surface area contributed by atoms with Crippen LogP contribution in [-0.2, 0) is 4.79 Å². The van der Waals surface area contributed by atoms with Gasteiger partial charge in [-0.15, -0.1) is 0 Å². The molecule has 0 spiro atoms. The molecular weight excluding hydrogens is 432 g/mol. The van der Waals surface area contributed by atoms with Gasteiger partial charge < -0.3 is 14.6 Å². The first-order valence-electron chi connectivity index (χ1n) is 9.90. The number of carbonyl (C=O) groups is 1. The van der Waals surface area contributed by atoms with E-state index in [0.717, 1.165) is 5.56 Å². The number of amides is 1. The van der Waals surface area contributed by atoms with Crippen LogP contribution in [0.3, 0.4) is 0 Å². The Hall–Kier alpha value is -3.65. The number of nitrogens with one attached hydrogen (secondary N) is 1. The fraction of sp³-hybridized carbons (Fsp3) is 0.217. The molecule has 0 radical (unpaired) electrons. The van der Waals surface area contributed by atoms with Crippen molar-refractivity contribution in [2.45, 2.75) is 26.8 Å². The minimum absolute atomic E-state index is 0.212. The number of methoxy groups -OCH3 is 1. The second kappa shape index (κ2) is 8.47. The zero-order chi connectivity index (χ0) is 23.0. The molecule has 1 amide bonds. The summed E-state index contributed by atoms with van der Waals surface area (Å²) in [5.41, 5.74) is 2.75. The Morgan fingerprint density at radius 3 is 2.59 bits per heavy atom. The van der Waals surface area contributed by atoms with Crippen LogP contribution >= 0.6 is 11.6 Å². The number of fused-ring (bicyclic) bond motifs is 1. The van der Waals surface area contributed by atoms with Gasteiger partial charge in [0.05, 0.1) is 24.4 Å². The van der Waals surface area contributed by atoms with Crippen LogP contribution < -0.4 is 15.6 Å². The second-order valence-corrected chi connectivity index (χ2v) is 7.83. The molecule has 2 aromatic heterocycles. The highest BCUT2D eigenvalue weighted by molar-refractivity contribution is 6.30. The molecule has 0 unspecified atom stereocenters. The lowest BCUT2D eigenvalue weighted by Crippen LogP contribution is -2.27. The van der Waals surface area contributed by atoms with Crippen molar-refractivity contribution in [2.24, 2.45) is 0 Å². The summed E-state index contributed by atoms with van der Waals surface area (Å²) < 4.78 is 12.4. The van der Waals surface area contributed by atoms with Gasteiger partial charge in [-0.05, 0) is 49.7 Å². The molecule has 4 rings (SSSR count). The summed E-state index contributed by atoms with van der Waals surface area (Å²) in [6.07, 6.45) is 0. The van der Waals surface area contributed by atoms with Crippen molar-refractivity contribution in [1.82, 2.24) is 14.9 Å². The third-order valence-electron chi connectivity index (χ3n) is 5.20. The Bertz CT molecular complexity index is 1380. The van der Waals surface area contributed by atoms with E-state index in [0.29, 0.717) is 38.8 Å². The van der Waals surface area contributed by atoms with Crippen molar-refractivity contribution in [3.63, 3.8) is 0 Å². The van der Waals surface area contributed by atoms with Gasteiger partial charge in [0.1, 0.15) is 16.8 Å². The number of aromatic nitrogens is 3. The van der Waals surface area contributed by atoms with Crippen molar-refractivity contribution < 1.29 is 14.1 Å². The van der Waals surface area contributed by atoms with E-state index < -0.39 is 0 Å². The molecule has 32 heavy (non-hydrogen) atoms. The molecule has 0 aliphatic rings. The number of rotatable bonds is 5. The maximum Gasteiger partial charge on any atom is 0.280 e. The minimum Gasteiger partial charge on any atom is -0.496 e. The van der Waals surface area contributed by atoms with Crippen LogP contribution in [-0.4, -0.2) is 28.0 Å². The number of benzene rings is 2. The van der Waals surface area contributed by atoms with E-state index in [-0.39, 0.29) is 23.1 Å². The quantitative estimate of drug-likeness (QED) is 0.475. The fourth-order valence-electron chi connectivity index (χ4n) is 3.59. The molecule has 0 bridgehead atoms. The van der Waals surface area contributed by atoms with Crippen molar-refractivity contribution in [1.29, 1.82) is 0 Å². The van der Waals surface area contributed by atoms with Crippen molar-refractivity contribution in [3.8, 4) is 17.0 Å². The van der Waals surface area contributed by atoms with Crippen LogP contribution in [0.5, 0.6) is 5.75 Å². The standard InChI is InChI=1S/C23H21ClN4O4/c1-12-20-22(32-27-12)21(18-11-17(25-14(3)29)9-10-19(18)31-4)26-28(23(20)30)13(2)15-5-7-16(24)8-6-15/h5-11,13H,1-4H3,(H,25,29)/t13-/m1/s1. The molecule has 4 aromatic rings. The van der Waals surface area contributed by atoms with E-state index in [2.05, 4.69) is 15.6 Å². The first-order chi connectivity index (χ1) is 15.3. The lowest BCUT2D eigenvalue weighted by Gasteiger charge is -2.17. The molecule has 0 fully saturated rings. The third kappa shape index (κ3) is 3.85. The molecule has 8 nitrogen and oxygen atoms in total. The average Bonchev–Trinajstić information content (AvgIpc) is 3.16. The number of hydrogen-bond donors (Lipinski definition) is 1. The van der Waals surface area contributed by atoms with Gasteiger partial charge in [0.25, 0.3) is 5.56 Å². The van der Waals surface area contributed by atoms with Crippen molar-refractivity contribution >= 4 is 34.2 Å². The average molecular weight is 453 g/mol. The largest absolute Gasteiger partial charge is 0.496 e. The van der Waals surface area contributed by atoms with E-state index in [1.165, 1.54) is 18.7 Å². The Morgan fingerprint density at radius 1 is 1.22 bits per heavy atom. The topological polar surface area (TPSA) is 99.2 Å². The van der Waals surface area contributed by atoms with Gasteiger partial charge in [-0.25, -0.2) is 4.68 Å². The monoisotopic (exact) mass is 452 g/mol. The molecule has 0 aliphatic carbocycles. The first kappa shape index (κ1) is 21.6. The van der Waals surface area contributed by atoms with E-state index in [1.807, 2.05) is 19.1 Å². The molecule has 0 saturated heterocycles. The molecule has 1 atom stereocenters. The smallest absolute Gasteiger partial charge is 0.280 e. The van der Waals surface area contributed by atoms with Gasteiger partial charge in [-0.2, -0.15) is 5.10 Å². The molecule has 164 valence electrons. The highest BCUT2D eigenvalue weighted by atomic mass is 35.5. The molecule has 2 aromatic carbocycles. The van der Waals surface area contributed by atoms with Crippen LogP contribution in [0.25, 0.3) is 22.2 Å². The number of hydrogen-bond acceptors (Lipinski definition) is 6. The minimum atomic E-state index is -0.387. The van der Waals surface area contributed by atoms with Crippen LogP contribution in [0.2, 0.25) is 5.02 Å². The van der Waals surface area contributed by atoms with E-state index in [4.69, 9.17) is 20.9 Å². The number of ether oxygens (including phenoxy) is 1. The van der Waals surface area contributed by atoms with Crippen LogP contribution in [0.15, 0.2) is 51.8 Å². The van der Waals surface area contributed by atoms with Crippen molar-refractivity contribution in [2.75, 3.05) is 12.4 Å². The maximum atomic E-state index is 13.3. The summed E-state index contributed by atoms with van der Waals surface area (Å²) in [6, 6.07) is 12.0. The summed E-state index contributed by atoms with van der Waals surface area (Å²) in [6.45, 7) is 5.01. The fourth-order valence-corrected chi connectivity index (χ4v) is 3.72. The van der Waals surface area contributed by atoms with Crippen molar-refractivity contribution in [3.05, 3.63) is 69.1 Å². The number of aryl methyl sites for hydroxylation is 1. The SMILES string of the molecule is COc1ccc(NC(C)=O)cc1-c1nn([C@H](C)c2ccc(Cl)cc2)c(=O)c2c(C)noc12. The van der Waals surface area contributed by atoms with Gasteiger partial charge in [-0.1, -0.05) is 28.9 Å².